The smallest absolute Gasteiger partial charge is 0.194 e. The molecule has 132 valence electrons. The molecule has 1 fully saturated rings. The molecule has 1 unspecified atom stereocenters. The van der Waals surface area contributed by atoms with Crippen molar-refractivity contribution in [1.82, 2.24) is 25.0 Å². The van der Waals surface area contributed by atoms with E-state index in [1.807, 2.05) is 18.5 Å². The summed E-state index contributed by atoms with van der Waals surface area (Å²) in [5, 5.41) is 11.7. The van der Waals surface area contributed by atoms with Gasteiger partial charge < -0.3 is 14.8 Å². The Bertz CT molecular complexity index is 511. The van der Waals surface area contributed by atoms with Crippen molar-refractivity contribution >= 4 is 29.9 Å². The number of aryl methyl sites for hydroxylation is 1. The molecular weight excluding hydrogens is 403 g/mol. The van der Waals surface area contributed by atoms with Crippen LogP contribution in [-0.2, 0) is 13.6 Å². The number of aromatic nitrogens is 3. The number of hydrogen-bond donors (Lipinski definition) is 1. The second-order valence-electron chi connectivity index (χ2n) is 6.62. The monoisotopic (exact) mass is 434 g/mol. The molecular formula is C16H31IN6. The van der Waals surface area contributed by atoms with Crippen LogP contribution in [-0.4, -0.2) is 45.3 Å². The maximum Gasteiger partial charge on any atom is 0.194 e. The summed E-state index contributed by atoms with van der Waals surface area (Å²) in [6.07, 6.45) is 2.57. The maximum absolute atomic E-state index is 4.76. The Morgan fingerprint density at radius 1 is 1.39 bits per heavy atom. The van der Waals surface area contributed by atoms with Crippen molar-refractivity contribution in [2.24, 2.45) is 23.9 Å². The molecule has 1 saturated heterocycles. The third-order valence-electron chi connectivity index (χ3n) is 4.28. The molecule has 0 aromatic carbocycles. The van der Waals surface area contributed by atoms with E-state index in [-0.39, 0.29) is 24.0 Å². The molecule has 1 N–H and O–H groups in total. The molecule has 1 aliphatic rings. The molecule has 0 bridgehead atoms. The summed E-state index contributed by atoms with van der Waals surface area (Å²) >= 11 is 0. The number of likely N-dealkylation sites (tertiary alicyclic amines) is 1. The van der Waals surface area contributed by atoms with Crippen LogP contribution < -0.4 is 5.32 Å². The highest BCUT2D eigenvalue weighted by atomic mass is 127. The van der Waals surface area contributed by atoms with Gasteiger partial charge in [0.25, 0.3) is 0 Å². The van der Waals surface area contributed by atoms with Crippen molar-refractivity contribution in [3.05, 3.63) is 11.6 Å². The van der Waals surface area contributed by atoms with E-state index in [1.165, 1.54) is 12.8 Å². The molecule has 1 atom stereocenters. The Labute approximate surface area is 157 Å². The molecule has 6 nitrogen and oxygen atoms in total. The summed E-state index contributed by atoms with van der Waals surface area (Å²) in [6.45, 7) is 12.4. The lowest BCUT2D eigenvalue weighted by molar-refractivity contribution is 0.403. The highest BCUT2D eigenvalue weighted by molar-refractivity contribution is 14.0. The number of nitrogens with one attached hydrogen (secondary N) is 1. The van der Waals surface area contributed by atoms with Crippen LogP contribution >= 0.6 is 24.0 Å². The third-order valence-corrected chi connectivity index (χ3v) is 4.28. The summed E-state index contributed by atoms with van der Waals surface area (Å²) in [5.41, 5.74) is 0. The van der Waals surface area contributed by atoms with Gasteiger partial charge in [-0.1, -0.05) is 13.8 Å². The van der Waals surface area contributed by atoms with E-state index in [9.17, 15) is 0 Å². The van der Waals surface area contributed by atoms with E-state index in [1.54, 1.807) is 0 Å². The van der Waals surface area contributed by atoms with Gasteiger partial charge in [0.1, 0.15) is 12.4 Å². The fraction of sp³-hybridized carbons (Fsp3) is 0.812. The summed E-state index contributed by atoms with van der Waals surface area (Å²) < 4.78 is 2.00. The van der Waals surface area contributed by atoms with E-state index < -0.39 is 0 Å². The van der Waals surface area contributed by atoms with Crippen molar-refractivity contribution in [3.63, 3.8) is 0 Å². The highest BCUT2D eigenvalue weighted by Gasteiger charge is 2.25. The van der Waals surface area contributed by atoms with Crippen LogP contribution in [0.1, 0.15) is 45.3 Å². The number of rotatable bonds is 5. The first-order chi connectivity index (χ1) is 10.5. The average molecular weight is 434 g/mol. The summed E-state index contributed by atoms with van der Waals surface area (Å²) in [6, 6.07) is 0. The lowest BCUT2D eigenvalue weighted by Crippen LogP contribution is -2.40. The van der Waals surface area contributed by atoms with Gasteiger partial charge >= 0.3 is 0 Å². The van der Waals surface area contributed by atoms with E-state index in [0.717, 1.165) is 49.1 Å². The lowest BCUT2D eigenvalue weighted by Gasteiger charge is -2.22. The standard InChI is InChI=1S/C16H30N6.HI/c1-6-17-16(18-10-15-20-19-13(4)21(15)5)22-8-7-14(11-22)9-12(2)3;/h12,14H,6-11H2,1-5H3,(H,17,18);1H. The predicted molar refractivity (Wildman–Crippen MR) is 105 cm³/mol. The van der Waals surface area contributed by atoms with E-state index in [2.05, 4.69) is 41.2 Å². The van der Waals surface area contributed by atoms with Crippen molar-refractivity contribution in [2.45, 2.75) is 47.1 Å². The van der Waals surface area contributed by atoms with Gasteiger partial charge in [-0.05, 0) is 38.5 Å². The van der Waals surface area contributed by atoms with Crippen LogP contribution in [0.4, 0.5) is 0 Å². The van der Waals surface area contributed by atoms with E-state index in [0.29, 0.717) is 6.54 Å². The topological polar surface area (TPSA) is 58.3 Å². The van der Waals surface area contributed by atoms with Gasteiger partial charge in [0.15, 0.2) is 11.8 Å². The maximum atomic E-state index is 4.76. The van der Waals surface area contributed by atoms with Gasteiger partial charge in [0, 0.05) is 26.7 Å². The first-order valence-electron chi connectivity index (χ1n) is 8.39. The summed E-state index contributed by atoms with van der Waals surface area (Å²) in [7, 11) is 1.99. The summed E-state index contributed by atoms with van der Waals surface area (Å²) in [4.78, 5) is 7.15. The minimum Gasteiger partial charge on any atom is -0.357 e. The van der Waals surface area contributed by atoms with E-state index >= 15 is 0 Å². The van der Waals surface area contributed by atoms with Gasteiger partial charge in [-0.2, -0.15) is 0 Å². The van der Waals surface area contributed by atoms with Gasteiger partial charge in [0.05, 0.1) is 0 Å². The zero-order valence-electron chi connectivity index (χ0n) is 15.0. The molecule has 0 aliphatic carbocycles. The molecule has 0 radical (unpaired) electrons. The van der Waals surface area contributed by atoms with Gasteiger partial charge in [0.2, 0.25) is 0 Å². The Morgan fingerprint density at radius 3 is 2.70 bits per heavy atom. The van der Waals surface area contributed by atoms with Crippen LogP contribution in [0.5, 0.6) is 0 Å². The number of aliphatic imine (C=N–C) groups is 1. The molecule has 0 saturated carbocycles. The fourth-order valence-electron chi connectivity index (χ4n) is 3.04. The third kappa shape index (κ3) is 5.61. The number of nitrogens with zero attached hydrogens (tertiary/aromatic N) is 5. The van der Waals surface area contributed by atoms with Crippen LogP contribution in [0.25, 0.3) is 0 Å². The average Bonchev–Trinajstić information content (AvgIpc) is 3.04. The minimum absolute atomic E-state index is 0. The fourth-order valence-corrected chi connectivity index (χ4v) is 3.04. The molecule has 23 heavy (non-hydrogen) atoms. The molecule has 1 aliphatic heterocycles. The first kappa shape index (κ1) is 20.2. The van der Waals surface area contributed by atoms with E-state index in [4.69, 9.17) is 4.99 Å². The van der Waals surface area contributed by atoms with Crippen molar-refractivity contribution in [1.29, 1.82) is 0 Å². The summed E-state index contributed by atoms with van der Waals surface area (Å²) in [5.74, 6) is 4.40. The quantitative estimate of drug-likeness (QED) is 0.440. The SMILES string of the molecule is CCNC(=NCc1nnc(C)n1C)N1CCC(CC(C)C)C1.I. The van der Waals surface area contributed by atoms with Gasteiger partial charge in [-0.15, -0.1) is 34.2 Å². The molecule has 1 aromatic rings. The second kappa shape index (κ2) is 9.44. The van der Waals surface area contributed by atoms with Crippen molar-refractivity contribution < 1.29 is 0 Å². The number of halogens is 1. The van der Waals surface area contributed by atoms with Gasteiger partial charge in [-0.25, -0.2) is 4.99 Å². The Balaban J connectivity index is 0.00000264. The minimum atomic E-state index is 0. The first-order valence-corrected chi connectivity index (χ1v) is 8.39. The molecule has 0 spiro atoms. The molecule has 7 heteroatoms. The van der Waals surface area contributed by atoms with Crippen LogP contribution in [0.3, 0.4) is 0 Å². The predicted octanol–water partition coefficient (Wildman–Crippen LogP) is 2.58. The van der Waals surface area contributed by atoms with Crippen molar-refractivity contribution in [2.75, 3.05) is 19.6 Å². The largest absolute Gasteiger partial charge is 0.357 e. The number of guanidine groups is 1. The normalized spacial score (nSPS) is 18.4. The Kier molecular flexibility index (Phi) is 8.28. The molecule has 2 rings (SSSR count). The second-order valence-corrected chi connectivity index (χ2v) is 6.62. The zero-order chi connectivity index (χ0) is 16.1. The molecule has 1 aromatic heterocycles. The molecule has 2 heterocycles. The van der Waals surface area contributed by atoms with Crippen LogP contribution in [0.2, 0.25) is 0 Å². The molecule has 0 amide bonds. The van der Waals surface area contributed by atoms with Crippen LogP contribution in [0, 0.1) is 18.8 Å². The van der Waals surface area contributed by atoms with Crippen molar-refractivity contribution in [3.8, 4) is 0 Å². The Morgan fingerprint density at radius 2 is 2.13 bits per heavy atom. The zero-order valence-corrected chi connectivity index (χ0v) is 17.4. The number of hydrogen-bond acceptors (Lipinski definition) is 3. The van der Waals surface area contributed by atoms with Gasteiger partial charge in [-0.3, -0.25) is 0 Å². The highest BCUT2D eigenvalue weighted by Crippen LogP contribution is 2.23. The lowest BCUT2D eigenvalue weighted by atomic mass is 9.97. The Hall–Kier alpha value is -0.860. The van der Waals surface area contributed by atoms with Crippen LogP contribution in [0.15, 0.2) is 4.99 Å².